The van der Waals surface area contributed by atoms with Crippen molar-refractivity contribution in [2.24, 2.45) is 0 Å². The van der Waals surface area contributed by atoms with Gasteiger partial charge in [0.15, 0.2) is 0 Å². The van der Waals surface area contributed by atoms with Crippen molar-refractivity contribution in [1.29, 1.82) is 0 Å². The molecule has 2 nitrogen and oxygen atoms in total. The van der Waals surface area contributed by atoms with E-state index in [1.807, 2.05) is 24.3 Å². The average molecular weight is 294 g/mol. The Hall–Kier alpha value is -2.13. The number of anilines is 1. The van der Waals surface area contributed by atoms with Gasteiger partial charge in [-0.1, -0.05) is 50.2 Å². The SMILES string of the molecule is CC(C)c1ccc(-c2nc(-c3ccc(N)cc3)cs2)cc1. The summed E-state index contributed by atoms with van der Waals surface area (Å²) in [6.07, 6.45) is 0. The van der Waals surface area contributed by atoms with Crippen LogP contribution in [-0.2, 0) is 0 Å². The summed E-state index contributed by atoms with van der Waals surface area (Å²) in [7, 11) is 0. The predicted molar refractivity (Wildman–Crippen MR) is 91.5 cm³/mol. The van der Waals surface area contributed by atoms with Gasteiger partial charge in [0, 0.05) is 22.2 Å². The molecule has 0 aliphatic rings. The summed E-state index contributed by atoms with van der Waals surface area (Å²) >= 11 is 1.67. The van der Waals surface area contributed by atoms with Crippen LogP contribution in [0.4, 0.5) is 5.69 Å². The number of nitrogens with zero attached hydrogens (tertiary/aromatic N) is 1. The minimum absolute atomic E-state index is 0.556. The normalized spacial score (nSPS) is 11.0. The number of hydrogen-bond acceptors (Lipinski definition) is 3. The Morgan fingerprint density at radius 2 is 1.52 bits per heavy atom. The van der Waals surface area contributed by atoms with E-state index >= 15 is 0 Å². The quantitative estimate of drug-likeness (QED) is 0.676. The number of benzene rings is 2. The zero-order valence-corrected chi connectivity index (χ0v) is 13.0. The third-order valence-corrected chi connectivity index (χ3v) is 4.43. The standard InChI is InChI=1S/C18H18N2S/c1-12(2)13-3-5-15(6-4-13)18-20-17(11-21-18)14-7-9-16(19)10-8-14/h3-12H,19H2,1-2H3. The first-order valence-corrected chi connectivity index (χ1v) is 7.93. The smallest absolute Gasteiger partial charge is 0.124 e. The van der Waals surface area contributed by atoms with Crippen LogP contribution in [0.3, 0.4) is 0 Å². The fourth-order valence-corrected chi connectivity index (χ4v) is 3.04. The Labute approximate surface area is 129 Å². The lowest BCUT2D eigenvalue weighted by atomic mass is 10.0. The van der Waals surface area contributed by atoms with Gasteiger partial charge in [0.2, 0.25) is 0 Å². The summed E-state index contributed by atoms with van der Waals surface area (Å²) < 4.78 is 0. The van der Waals surface area contributed by atoms with Crippen molar-refractivity contribution >= 4 is 17.0 Å². The number of rotatable bonds is 3. The van der Waals surface area contributed by atoms with Crippen LogP contribution in [0, 0.1) is 0 Å². The van der Waals surface area contributed by atoms with Crippen LogP contribution in [0.15, 0.2) is 53.9 Å². The molecule has 0 unspecified atom stereocenters. The number of thiazole rings is 1. The van der Waals surface area contributed by atoms with Gasteiger partial charge in [0.25, 0.3) is 0 Å². The van der Waals surface area contributed by atoms with Crippen LogP contribution in [0.2, 0.25) is 0 Å². The molecule has 0 saturated heterocycles. The van der Waals surface area contributed by atoms with Crippen molar-refractivity contribution in [3.63, 3.8) is 0 Å². The van der Waals surface area contributed by atoms with Crippen molar-refractivity contribution in [2.45, 2.75) is 19.8 Å². The highest BCUT2D eigenvalue weighted by molar-refractivity contribution is 7.13. The Morgan fingerprint density at radius 3 is 2.14 bits per heavy atom. The highest BCUT2D eigenvalue weighted by Crippen LogP contribution is 2.30. The molecule has 0 bridgehead atoms. The van der Waals surface area contributed by atoms with Crippen LogP contribution in [0.25, 0.3) is 21.8 Å². The van der Waals surface area contributed by atoms with Crippen LogP contribution >= 0.6 is 11.3 Å². The van der Waals surface area contributed by atoms with E-state index in [-0.39, 0.29) is 0 Å². The zero-order chi connectivity index (χ0) is 14.8. The molecule has 1 aromatic heterocycles. The maximum Gasteiger partial charge on any atom is 0.124 e. The first-order chi connectivity index (χ1) is 10.1. The lowest BCUT2D eigenvalue weighted by molar-refractivity contribution is 0.867. The van der Waals surface area contributed by atoms with Gasteiger partial charge in [0.05, 0.1) is 5.69 Å². The lowest BCUT2D eigenvalue weighted by Crippen LogP contribution is -1.87. The summed E-state index contributed by atoms with van der Waals surface area (Å²) in [5.41, 5.74) is 11.1. The molecule has 1 heterocycles. The molecule has 0 saturated carbocycles. The second-order valence-corrected chi connectivity index (χ2v) is 6.29. The van der Waals surface area contributed by atoms with Crippen molar-refractivity contribution in [3.8, 4) is 21.8 Å². The molecule has 0 radical (unpaired) electrons. The van der Waals surface area contributed by atoms with Crippen LogP contribution in [0.5, 0.6) is 0 Å². The van der Waals surface area contributed by atoms with Crippen molar-refractivity contribution in [1.82, 2.24) is 4.98 Å². The van der Waals surface area contributed by atoms with E-state index in [0.717, 1.165) is 22.0 Å². The summed E-state index contributed by atoms with van der Waals surface area (Å²) in [5, 5.41) is 3.15. The molecule has 106 valence electrons. The number of nitrogen functional groups attached to an aromatic ring is 1. The molecular formula is C18H18N2S. The maximum absolute atomic E-state index is 5.72. The lowest BCUT2D eigenvalue weighted by Gasteiger charge is -2.05. The minimum Gasteiger partial charge on any atom is -0.399 e. The van der Waals surface area contributed by atoms with E-state index in [4.69, 9.17) is 10.7 Å². The molecule has 2 N–H and O–H groups in total. The van der Waals surface area contributed by atoms with Crippen LogP contribution < -0.4 is 5.73 Å². The average Bonchev–Trinajstić information content (AvgIpc) is 2.98. The third kappa shape index (κ3) is 2.98. The molecule has 2 aromatic carbocycles. The third-order valence-electron chi connectivity index (χ3n) is 3.53. The van der Waals surface area contributed by atoms with Gasteiger partial charge in [-0.2, -0.15) is 0 Å². The first-order valence-electron chi connectivity index (χ1n) is 7.05. The predicted octanol–water partition coefficient (Wildman–Crippen LogP) is 5.18. The molecule has 0 spiro atoms. The van der Waals surface area contributed by atoms with E-state index in [1.165, 1.54) is 11.1 Å². The van der Waals surface area contributed by atoms with Gasteiger partial charge in [0.1, 0.15) is 5.01 Å². The molecule has 0 aliphatic carbocycles. The minimum atomic E-state index is 0.556. The van der Waals surface area contributed by atoms with Gasteiger partial charge in [-0.25, -0.2) is 4.98 Å². The summed E-state index contributed by atoms with van der Waals surface area (Å²) in [5.74, 6) is 0.556. The van der Waals surface area contributed by atoms with Gasteiger partial charge >= 0.3 is 0 Å². The molecule has 0 atom stereocenters. The number of hydrogen-bond donors (Lipinski definition) is 1. The molecule has 0 amide bonds. The van der Waals surface area contributed by atoms with Crippen molar-refractivity contribution < 1.29 is 0 Å². The van der Waals surface area contributed by atoms with Crippen molar-refractivity contribution in [2.75, 3.05) is 5.73 Å². The molecular weight excluding hydrogens is 276 g/mol. The molecule has 21 heavy (non-hydrogen) atoms. The fraction of sp³-hybridized carbons (Fsp3) is 0.167. The summed E-state index contributed by atoms with van der Waals surface area (Å²) in [4.78, 5) is 4.73. The van der Waals surface area contributed by atoms with Gasteiger partial charge < -0.3 is 5.73 Å². The number of nitrogens with two attached hydrogens (primary N) is 1. The van der Waals surface area contributed by atoms with Gasteiger partial charge in [-0.05, 0) is 23.6 Å². The fourth-order valence-electron chi connectivity index (χ4n) is 2.20. The number of aromatic nitrogens is 1. The highest BCUT2D eigenvalue weighted by atomic mass is 32.1. The topological polar surface area (TPSA) is 38.9 Å². The largest absolute Gasteiger partial charge is 0.399 e. The summed E-state index contributed by atoms with van der Waals surface area (Å²) in [6, 6.07) is 16.5. The molecule has 3 aromatic rings. The molecule has 0 aliphatic heterocycles. The Morgan fingerprint density at radius 1 is 0.905 bits per heavy atom. The van der Waals surface area contributed by atoms with Crippen LogP contribution in [0.1, 0.15) is 25.3 Å². The molecule has 0 fully saturated rings. The second-order valence-electron chi connectivity index (χ2n) is 5.44. The highest BCUT2D eigenvalue weighted by Gasteiger charge is 2.07. The van der Waals surface area contributed by atoms with E-state index in [9.17, 15) is 0 Å². The van der Waals surface area contributed by atoms with Crippen molar-refractivity contribution in [3.05, 3.63) is 59.5 Å². The maximum atomic E-state index is 5.72. The van der Waals surface area contributed by atoms with E-state index in [0.29, 0.717) is 5.92 Å². The Bertz CT molecular complexity index is 725. The van der Waals surface area contributed by atoms with Gasteiger partial charge in [-0.15, -0.1) is 11.3 Å². The summed E-state index contributed by atoms with van der Waals surface area (Å²) in [6.45, 7) is 4.41. The monoisotopic (exact) mass is 294 g/mol. The van der Waals surface area contributed by atoms with E-state index in [1.54, 1.807) is 11.3 Å². The Balaban J connectivity index is 1.89. The first kappa shape index (κ1) is 13.8. The zero-order valence-electron chi connectivity index (χ0n) is 12.2. The second kappa shape index (κ2) is 5.70. The van der Waals surface area contributed by atoms with Gasteiger partial charge in [-0.3, -0.25) is 0 Å². The van der Waals surface area contributed by atoms with Crippen LogP contribution in [-0.4, -0.2) is 4.98 Å². The Kier molecular flexibility index (Phi) is 3.76. The van der Waals surface area contributed by atoms with E-state index < -0.39 is 0 Å². The molecule has 3 rings (SSSR count). The van der Waals surface area contributed by atoms with E-state index in [2.05, 4.69) is 43.5 Å². The molecule has 3 heteroatoms.